The van der Waals surface area contributed by atoms with Crippen molar-refractivity contribution in [1.82, 2.24) is 9.88 Å². The van der Waals surface area contributed by atoms with Crippen molar-refractivity contribution in [3.63, 3.8) is 0 Å². The summed E-state index contributed by atoms with van der Waals surface area (Å²) < 4.78 is 0. The zero-order valence-corrected chi connectivity index (χ0v) is 12.2. The van der Waals surface area contributed by atoms with Crippen LogP contribution in [-0.4, -0.2) is 34.1 Å². The molecule has 1 atom stereocenters. The van der Waals surface area contributed by atoms with Gasteiger partial charge in [0, 0.05) is 13.1 Å². The third kappa shape index (κ3) is 4.13. The van der Waals surface area contributed by atoms with Crippen molar-refractivity contribution in [2.24, 2.45) is 0 Å². The molecule has 5 heteroatoms. The first-order chi connectivity index (χ1) is 9.16. The van der Waals surface area contributed by atoms with E-state index in [1.165, 1.54) is 24.6 Å². The van der Waals surface area contributed by atoms with Crippen molar-refractivity contribution >= 4 is 23.4 Å². The van der Waals surface area contributed by atoms with Crippen LogP contribution in [0.3, 0.4) is 0 Å². The summed E-state index contributed by atoms with van der Waals surface area (Å²) >= 11 is 1.50. The Balaban J connectivity index is 1.92. The Morgan fingerprint density at radius 1 is 1.32 bits per heavy atom. The number of nitrogens with zero attached hydrogens (tertiary/aromatic N) is 2. The number of pyridine rings is 1. The van der Waals surface area contributed by atoms with E-state index in [-0.39, 0.29) is 11.2 Å². The number of anilines is 1. The van der Waals surface area contributed by atoms with E-state index < -0.39 is 0 Å². The zero-order valence-electron chi connectivity index (χ0n) is 11.3. The minimum atomic E-state index is -0.0887. The summed E-state index contributed by atoms with van der Waals surface area (Å²) in [6.07, 6.45) is 6.37. The second-order valence-corrected chi connectivity index (χ2v) is 6.29. The first-order valence-electron chi connectivity index (χ1n) is 6.84. The van der Waals surface area contributed by atoms with Gasteiger partial charge in [-0.2, -0.15) is 0 Å². The van der Waals surface area contributed by atoms with Gasteiger partial charge in [-0.1, -0.05) is 24.6 Å². The Bertz CT molecular complexity index is 413. The van der Waals surface area contributed by atoms with Crippen LogP contribution in [0, 0.1) is 0 Å². The number of rotatable bonds is 3. The number of thioether (sulfide) groups is 1. The number of aromatic nitrogens is 1. The highest BCUT2D eigenvalue weighted by Gasteiger charge is 2.22. The highest BCUT2D eigenvalue weighted by Crippen LogP contribution is 2.24. The fourth-order valence-electron chi connectivity index (χ4n) is 2.24. The summed E-state index contributed by atoms with van der Waals surface area (Å²) in [5.41, 5.74) is 6.25. The van der Waals surface area contributed by atoms with Crippen LogP contribution < -0.4 is 5.73 Å². The zero-order chi connectivity index (χ0) is 13.7. The second kappa shape index (κ2) is 6.80. The molecule has 4 nitrogen and oxygen atoms in total. The van der Waals surface area contributed by atoms with E-state index in [2.05, 4.69) is 4.98 Å². The van der Waals surface area contributed by atoms with Gasteiger partial charge >= 0.3 is 0 Å². The third-order valence-corrected chi connectivity index (χ3v) is 4.36. The maximum Gasteiger partial charge on any atom is 0.235 e. The molecule has 1 aliphatic rings. The van der Waals surface area contributed by atoms with Gasteiger partial charge in [0.15, 0.2) is 0 Å². The maximum absolute atomic E-state index is 12.4. The molecule has 1 fully saturated rings. The lowest BCUT2D eigenvalue weighted by Gasteiger charge is -2.23. The number of carbonyl (C=O) groups excluding carboxylic acids is 1. The molecule has 1 saturated heterocycles. The average molecular weight is 279 g/mol. The van der Waals surface area contributed by atoms with Crippen LogP contribution in [0.5, 0.6) is 0 Å². The van der Waals surface area contributed by atoms with E-state index in [0.29, 0.717) is 5.69 Å². The molecule has 0 aromatic carbocycles. The summed E-state index contributed by atoms with van der Waals surface area (Å²) in [5.74, 6) is 0.227. The molecule has 2 N–H and O–H groups in total. The SMILES string of the molecule is CC(Sc1ccc(N)cn1)C(=O)N1CCCCCC1. The van der Waals surface area contributed by atoms with Gasteiger partial charge in [-0.25, -0.2) is 4.98 Å². The van der Waals surface area contributed by atoms with E-state index in [1.807, 2.05) is 24.0 Å². The quantitative estimate of drug-likeness (QED) is 0.864. The van der Waals surface area contributed by atoms with E-state index in [4.69, 9.17) is 5.73 Å². The van der Waals surface area contributed by atoms with Crippen LogP contribution >= 0.6 is 11.8 Å². The van der Waals surface area contributed by atoms with Gasteiger partial charge in [-0.3, -0.25) is 4.79 Å². The van der Waals surface area contributed by atoms with Crippen LogP contribution in [0.2, 0.25) is 0 Å². The average Bonchev–Trinajstić information content (AvgIpc) is 2.69. The van der Waals surface area contributed by atoms with E-state index in [9.17, 15) is 4.79 Å². The van der Waals surface area contributed by atoms with Crippen molar-refractivity contribution in [2.45, 2.75) is 42.9 Å². The van der Waals surface area contributed by atoms with Gasteiger partial charge in [-0.05, 0) is 31.9 Å². The lowest BCUT2D eigenvalue weighted by Crippen LogP contribution is -2.37. The molecule has 104 valence electrons. The lowest BCUT2D eigenvalue weighted by molar-refractivity contribution is -0.130. The van der Waals surface area contributed by atoms with Crippen molar-refractivity contribution in [3.8, 4) is 0 Å². The van der Waals surface area contributed by atoms with Gasteiger partial charge in [0.05, 0.1) is 22.2 Å². The normalized spacial score (nSPS) is 17.8. The molecule has 0 aliphatic carbocycles. The molecule has 19 heavy (non-hydrogen) atoms. The van der Waals surface area contributed by atoms with Crippen molar-refractivity contribution in [3.05, 3.63) is 18.3 Å². The molecular weight excluding hydrogens is 258 g/mol. The fourth-order valence-corrected chi connectivity index (χ4v) is 3.11. The Kier molecular flexibility index (Phi) is 5.07. The van der Waals surface area contributed by atoms with Gasteiger partial charge < -0.3 is 10.6 Å². The molecule has 0 saturated carbocycles. The number of hydrogen-bond acceptors (Lipinski definition) is 4. The predicted octanol–water partition coefficient (Wildman–Crippen LogP) is 2.55. The fraction of sp³-hybridized carbons (Fsp3) is 0.571. The molecular formula is C14H21N3OS. The summed E-state index contributed by atoms with van der Waals surface area (Å²) in [6, 6.07) is 3.69. The Morgan fingerprint density at radius 2 is 2.00 bits per heavy atom. The number of likely N-dealkylation sites (tertiary alicyclic amines) is 1. The van der Waals surface area contributed by atoms with Crippen LogP contribution in [-0.2, 0) is 4.79 Å². The smallest absolute Gasteiger partial charge is 0.235 e. The number of amides is 1. The van der Waals surface area contributed by atoms with Crippen LogP contribution in [0.4, 0.5) is 5.69 Å². The number of nitrogen functional groups attached to an aromatic ring is 1. The van der Waals surface area contributed by atoms with E-state index in [0.717, 1.165) is 31.0 Å². The predicted molar refractivity (Wildman–Crippen MR) is 79.0 cm³/mol. The standard InChI is InChI=1S/C14H21N3OS/c1-11(19-13-7-6-12(15)10-16-13)14(18)17-8-4-2-3-5-9-17/h6-7,10-11H,2-5,8-9,15H2,1H3. The van der Waals surface area contributed by atoms with Gasteiger partial charge in [0.25, 0.3) is 0 Å². The molecule has 1 amide bonds. The molecule has 1 aromatic heterocycles. The Hall–Kier alpha value is -1.23. The minimum absolute atomic E-state index is 0.0887. The molecule has 0 spiro atoms. The highest BCUT2D eigenvalue weighted by atomic mass is 32.2. The maximum atomic E-state index is 12.4. The third-order valence-electron chi connectivity index (χ3n) is 3.32. The van der Waals surface area contributed by atoms with Crippen molar-refractivity contribution in [1.29, 1.82) is 0 Å². The molecule has 1 aromatic rings. The summed E-state index contributed by atoms with van der Waals surface area (Å²) in [4.78, 5) is 18.6. The Labute approximate surface area is 118 Å². The topological polar surface area (TPSA) is 59.2 Å². The second-order valence-electron chi connectivity index (χ2n) is 4.93. The van der Waals surface area contributed by atoms with E-state index in [1.54, 1.807) is 6.20 Å². The van der Waals surface area contributed by atoms with Crippen LogP contribution in [0.25, 0.3) is 0 Å². The van der Waals surface area contributed by atoms with Gasteiger partial charge in [0.1, 0.15) is 0 Å². The number of carbonyl (C=O) groups is 1. The lowest BCUT2D eigenvalue weighted by atomic mass is 10.2. The van der Waals surface area contributed by atoms with Crippen molar-refractivity contribution in [2.75, 3.05) is 18.8 Å². The summed E-state index contributed by atoms with van der Waals surface area (Å²) in [7, 11) is 0. The minimum Gasteiger partial charge on any atom is -0.397 e. The van der Waals surface area contributed by atoms with Crippen LogP contribution in [0.15, 0.2) is 23.4 Å². The van der Waals surface area contributed by atoms with Gasteiger partial charge in [-0.15, -0.1) is 0 Å². The van der Waals surface area contributed by atoms with Gasteiger partial charge in [0.2, 0.25) is 5.91 Å². The molecule has 2 heterocycles. The molecule has 2 rings (SSSR count). The molecule has 1 unspecified atom stereocenters. The highest BCUT2D eigenvalue weighted by molar-refractivity contribution is 8.00. The van der Waals surface area contributed by atoms with Crippen LogP contribution in [0.1, 0.15) is 32.6 Å². The number of hydrogen-bond donors (Lipinski definition) is 1. The molecule has 1 aliphatic heterocycles. The largest absolute Gasteiger partial charge is 0.397 e. The number of nitrogens with two attached hydrogens (primary N) is 1. The molecule has 0 bridgehead atoms. The summed E-state index contributed by atoms with van der Waals surface area (Å²) in [6.45, 7) is 3.76. The summed E-state index contributed by atoms with van der Waals surface area (Å²) in [5, 5.41) is 0.763. The molecule has 0 radical (unpaired) electrons. The Morgan fingerprint density at radius 3 is 2.58 bits per heavy atom. The van der Waals surface area contributed by atoms with E-state index >= 15 is 0 Å². The van der Waals surface area contributed by atoms with Crippen molar-refractivity contribution < 1.29 is 4.79 Å². The monoisotopic (exact) mass is 279 g/mol. The first kappa shape index (κ1) is 14.2. The first-order valence-corrected chi connectivity index (χ1v) is 7.72.